The molecule has 0 saturated carbocycles. The molecule has 0 saturated heterocycles. The van der Waals surface area contributed by atoms with Crippen LogP contribution >= 0.6 is 0 Å². The van der Waals surface area contributed by atoms with E-state index in [1.165, 1.54) is 6.33 Å². The topological polar surface area (TPSA) is 76.7 Å². The van der Waals surface area contributed by atoms with Crippen LogP contribution in [0.25, 0.3) is 10.8 Å². The van der Waals surface area contributed by atoms with Crippen molar-refractivity contribution in [3.05, 3.63) is 66.5 Å². The van der Waals surface area contributed by atoms with Crippen LogP contribution in [0.3, 0.4) is 0 Å². The highest BCUT2D eigenvalue weighted by atomic mass is 15.2. The number of nitrogens with two attached hydrogens (primary N) is 1. The number of rotatable bonds is 3. The molecule has 3 rings (SSSR count). The van der Waals surface area contributed by atoms with Crippen LogP contribution in [0.5, 0.6) is 0 Å². The minimum Gasteiger partial charge on any atom is -0.271 e. The van der Waals surface area contributed by atoms with Crippen LogP contribution in [0.2, 0.25) is 0 Å². The number of hydrogen-bond acceptors (Lipinski definition) is 5. The molecule has 1 unspecified atom stereocenters. The Hall–Kier alpha value is -2.37. The van der Waals surface area contributed by atoms with Crippen molar-refractivity contribution in [2.45, 2.75) is 6.04 Å². The van der Waals surface area contributed by atoms with Crippen molar-refractivity contribution in [3.63, 3.8) is 0 Å². The molecule has 2 aromatic heterocycles. The van der Waals surface area contributed by atoms with Gasteiger partial charge < -0.3 is 0 Å². The lowest BCUT2D eigenvalue weighted by atomic mass is 9.98. The van der Waals surface area contributed by atoms with Crippen molar-refractivity contribution >= 4 is 10.8 Å². The van der Waals surface area contributed by atoms with E-state index in [9.17, 15) is 0 Å². The lowest BCUT2D eigenvalue weighted by Crippen LogP contribution is -2.29. The number of fused-ring (bicyclic) bond motifs is 1. The SMILES string of the molecule is NNC(c1ccncn1)c1cccc2cnccc12. The summed E-state index contributed by atoms with van der Waals surface area (Å²) in [5, 5.41) is 2.19. The average molecular weight is 251 g/mol. The van der Waals surface area contributed by atoms with Crippen molar-refractivity contribution in [1.82, 2.24) is 20.4 Å². The third-order valence-electron chi connectivity index (χ3n) is 3.09. The first kappa shape index (κ1) is 11.7. The van der Waals surface area contributed by atoms with Crippen molar-refractivity contribution in [2.75, 3.05) is 0 Å². The molecular weight excluding hydrogens is 238 g/mol. The second-order valence-electron chi connectivity index (χ2n) is 4.18. The molecule has 0 fully saturated rings. The Balaban J connectivity index is 2.17. The van der Waals surface area contributed by atoms with Crippen LogP contribution in [-0.4, -0.2) is 15.0 Å². The number of benzene rings is 1. The summed E-state index contributed by atoms with van der Waals surface area (Å²) in [6, 6.07) is 9.72. The molecule has 3 aromatic rings. The predicted octanol–water partition coefficient (Wildman–Crippen LogP) is 1.58. The molecule has 94 valence electrons. The Kier molecular flexibility index (Phi) is 3.14. The molecular formula is C14H13N5. The molecule has 0 aliphatic rings. The summed E-state index contributed by atoms with van der Waals surface area (Å²) in [7, 11) is 0. The van der Waals surface area contributed by atoms with Crippen molar-refractivity contribution in [2.24, 2.45) is 5.84 Å². The first-order valence-electron chi connectivity index (χ1n) is 5.95. The molecule has 3 N–H and O–H groups in total. The summed E-state index contributed by atoms with van der Waals surface area (Å²) >= 11 is 0. The van der Waals surface area contributed by atoms with E-state index < -0.39 is 0 Å². The summed E-state index contributed by atoms with van der Waals surface area (Å²) in [4.78, 5) is 12.3. The van der Waals surface area contributed by atoms with Gasteiger partial charge in [0.15, 0.2) is 0 Å². The van der Waals surface area contributed by atoms with E-state index in [0.717, 1.165) is 22.0 Å². The number of aromatic nitrogens is 3. The summed E-state index contributed by atoms with van der Waals surface area (Å²) in [5.41, 5.74) is 4.72. The largest absolute Gasteiger partial charge is 0.271 e. The Bertz CT molecular complexity index is 678. The van der Waals surface area contributed by atoms with Gasteiger partial charge in [-0.3, -0.25) is 10.8 Å². The molecule has 0 amide bonds. The van der Waals surface area contributed by atoms with Crippen LogP contribution in [0.4, 0.5) is 0 Å². The summed E-state index contributed by atoms with van der Waals surface area (Å²) < 4.78 is 0. The van der Waals surface area contributed by atoms with Gasteiger partial charge in [-0.15, -0.1) is 0 Å². The van der Waals surface area contributed by atoms with E-state index in [-0.39, 0.29) is 6.04 Å². The first-order chi connectivity index (χ1) is 9.40. The molecule has 0 bridgehead atoms. The summed E-state index contributed by atoms with van der Waals surface area (Å²) in [6.45, 7) is 0. The van der Waals surface area contributed by atoms with Gasteiger partial charge in [0.25, 0.3) is 0 Å². The monoisotopic (exact) mass is 251 g/mol. The molecule has 5 heteroatoms. The second kappa shape index (κ2) is 5.09. The minimum absolute atomic E-state index is 0.172. The summed E-state index contributed by atoms with van der Waals surface area (Å²) in [5.74, 6) is 5.70. The number of nitrogens with one attached hydrogen (secondary N) is 1. The number of nitrogens with zero attached hydrogens (tertiary/aromatic N) is 3. The third kappa shape index (κ3) is 2.16. The Morgan fingerprint density at radius 2 is 1.95 bits per heavy atom. The molecule has 19 heavy (non-hydrogen) atoms. The molecule has 0 spiro atoms. The quantitative estimate of drug-likeness (QED) is 0.546. The molecule has 1 aromatic carbocycles. The standard InChI is InChI=1S/C14H13N5/c15-19-14(13-5-7-17-9-18-13)12-3-1-2-10-8-16-6-4-11(10)12/h1-9,14,19H,15H2. The maximum atomic E-state index is 5.70. The van der Waals surface area contributed by atoms with E-state index in [4.69, 9.17) is 5.84 Å². The van der Waals surface area contributed by atoms with Gasteiger partial charge in [-0.25, -0.2) is 15.4 Å². The number of pyridine rings is 1. The fourth-order valence-electron chi connectivity index (χ4n) is 2.21. The maximum Gasteiger partial charge on any atom is 0.115 e. The molecule has 0 aliphatic heterocycles. The smallest absolute Gasteiger partial charge is 0.115 e. The Morgan fingerprint density at radius 3 is 2.74 bits per heavy atom. The van der Waals surface area contributed by atoms with Gasteiger partial charge in [0.1, 0.15) is 6.33 Å². The van der Waals surface area contributed by atoms with E-state index >= 15 is 0 Å². The molecule has 5 nitrogen and oxygen atoms in total. The highest BCUT2D eigenvalue weighted by Crippen LogP contribution is 2.26. The van der Waals surface area contributed by atoms with Gasteiger partial charge in [-0.05, 0) is 23.1 Å². The van der Waals surface area contributed by atoms with Gasteiger partial charge in [0.05, 0.1) is 11.7 Å². The lowest BCUT2D eigenvalue weighted by Gasteiger charge is -2.17. The molecule has 0 aliphatic carbocycles. The fourth-order valence-corrected chi connectivity index (χ4v) is 2.21. The van der Waals surface area contributed by atoms with Crippen LogP contribution in [0.15, 0.2) is 55.2 Å². The first-order valence-corrected chi connectivity index (χ1v) is 5.95. The van der Waals surface area contributed by atoms with E-state index in [2.05, 4.69) is 20.4 Å². The highest BCUT2D eigenvalue weighted by molar-refractivity contribution is 5.85. The zero-order valence-electron chi connectivity index (χ0n) is 10.2. The lowest BCUT2D eigenvalue weighted by molar-refractivity contribution is 0.622. The third-order valence-corrected chi connectivity index (χ3v) is 3.09. The maximum absolute atomic E-state index is 5.70. The Morgan fingerprint density at radius 1 is 1.05 bits per heavy atom. The minimum atomic E-state index is -0.172. The van der Waals surface area contributed by atoms with E-state index in [1.807, 2.05) is 36.5 Å². The zero-order valence-corrected chi connectivity index (χ0v) is 10.2. The van der Waals surface area contributed by atoms with Crippen LogP contribution in [0.1, 0.15) is 17.3 Å². The van der Waals surface area contributed by atoms with Crippen LogP contribution in [-0.2, 0) is 0 Å². The second-order valence-corrected chi connectivity index (χ2v) is 4.18. The van der Waals surface area contributed by atoms with Crippen LogP contribution in [0, 0.1) is 0 Å². The number of hydrogen-bond donors (Lipinski definition) is 2. The van der Waals surface area contributed by atoms with Crippen LogP contribution < -0.4 is 11.3 Å². The normalized spacial score (nSPS) is 12.5. The van der Waals surface area contributed by atoms with Gasteiger partial charge in [0.2, 0.25) is 0 Å². The van der Waals surface area contributed by atoms with Gasteiger partial charge in [0, 0.05) is 24.0 Å². The summed E-state index contributed by atoms with van der Waals surface area (Å²) in [6.07, 6.45) is 6.84. The average Bonchev–Trinajstić information content (AvgIpc) is 2.49. The van der Waals surface area contributed by atoms with Crippen molar-refractivity contribution in [1.29, 1.82) is 0 Å². The molecule has 1 atom stereocenters. The number of hydrazine groups is 1. The molecule has 0 radical (unpaired) electrons. The zero-order chi connectivity index (χ0) is 13.1. The van der Waals surface area contributed by atoms with E-state index in [0.29, 0.717) is 0 Å². The molecule has 2 heterocycles. The fraction of sp³-hybridized carbons (Fsp3) is 0.0714. The van der Waals surface area contributed by atoms with E-state index in [1.54, 1.807) is 12.4 Å². The van der Waals surface area contributed by atoms with Gasteiger partial charge in [-0.2, -0.15) is 0 Å². The van der Waals surface area contributed by atoms with Gasteiger partial charge in [-0.1, -0.05) is 18.2 Å². The van der Waals surface area contributed by atoms with Gasteiger partial charge >= 0.3 is 0 Å². The Labute approximate surface area is 110 Å². The predicted molar refractivity (Wildman–Crippen MR) is 72.9 cm³/mol. The van der Waals surface area contributed by atoms with Crippen molar-refractivity contribution < 1.29 is 0 Å². The highest BCUT2D eigenvalue weighted by Gasteiger charge is 2.15. The van der Waals surface area contributed by atoms with Crippen molar-refractivity contribution in [3.8, 4) is 0 Å².